The molecule has 106 valence electrons. The summed E-state index contributed by atoms with van der Waals surface area (Å²) < 4.78 is 0. The van der Waals surface area contributed by atoms with Crippen LogP contribution in [0.1, 0.15) is 20.3 Å². The van der Waals surface area contributed by atoms with Crippen LogP contribution >= 0.6 is 12.4 Å². The van der Waals surface area contributed by atoms with Gasteiger partial charge < -0.3 is 20.6 Å². The van der Waals surface area contributed by atoms with Crippen molar-refractivity contribution in [2.75, 3.05) is 26.2 Å². The molecular weight excluding hydrogens is 258 g/mol. The summed E-state index contributed by atoms with van der Waals surface area (Å²) in [5.74, 6) is 0.318. The van der Waals surface area contributed by atoms with Crippen molar-refractivity contribution in [1.82, 2.24) is 9.80 Å². The van der Waals surface area contributed by atoms with E-state index in [1.807, 2.05) is 13.8 Å². The highest BCUT2D eigenvalue weighted by Gasteiger charge is 2.27. The maximum absolute atomic E-state index is 11.9. The van der Waals surface area contributed by atoms with Gasteiger partial charge in [0, 0.05) is 26.2 Å². The highest BCUT2D eigenvalue weighted by atomic mass is 35.5. The molecule has 18 heavy (non-hydrogen) atoms. The van der Waals surface area contributed by atoms with Gasteiger partial charge in [0.1, 0.15) is 0 Å². The van der Waals surface area contributed by atoms with Crippen molar-refractivity contribution in [3.05, 3.63) is 0 Å². The minimum Gasteiger partial charge on any atom is -0.465 e. The van der Waals surface area contributed by atoms with Gasteiger partial charge in [0.15, 0.2) is 0 Å². The predicted octanol–water partition coefficient (Wildman–Crippen LogP) is 0.604. The van der Waals surface area contributed by atoms with Crippen LogP contribution in [0.5, 0.6) is 0 Å². The lowest BCUT2D eigenvalue weighted by atomic mass is 10.0. The Morgan fingerprint density at radius 2 is 1.61 bits per heavy atom. The summed E-state index contributed by atoms with van der Waals surface area (Å²) in [4.78, 5) is 25.6. The van der Waals surface area contributed by atoms with Gasteiger partial charge in [-0.3, -0.25) is 4.79 Å². The molecule has 0 aromatic heterocycles. The number of halogens is 1. The van der Waals surface area contributed by atoms with Gasteiger partial charge in [0.2, 0.25) is 5.91 Å². The summed E-state index contributed by atoms with van der Waals surface area (Å²) in [6, 6.07) is -0.466. The van der Waals surface area contributed by atoms with Crippen LogP contribution in [0.3, 0.4) is 0 Å². The van der Waals surface area contributed by atoms with E-state index < -0.39 is 12.1 Å². The van der Waals surface area contributed by atoms with Crippen molar-refractivity contribution in [2.45, 2.75) is 26.3 Å². The van der Waals surface area contributed by atoms with E-state index in [0.29, 0.717) is 38.5 Å². The first-order valence-electron chi connectivity index (χ1n) is 5.94. The third-order valence-electron chi connectivity index (χ3n) is 2.90. The Kier molecular flexibility index (Phi) is 7.01. The maximum Gasteiger partial charge on any atom is 0.407 e. The minimum absolute atomic E-state index is 0. The molecule has 1 atom stereocenters. The fourth-order valence-corrected chi connectivity index (χ4v) is 1.96. The van der Waals surface area contributed by atoms with Gasteiger partial charge in [-0.05, 0) is 12.3 Å². The number of hydrogen-bond acceptors (Lipinski definition) is 3. The number of nitrogens with zero attached hydrogens (tertiary/aromatic N) is 2. The molecule has 0 bridgehead atoms. The molecule has 1 aliphatic rings. The summed E-state index contributed by atoms with van der Waals surface area (Å²) in [6.45, 7) is 5.67. The second-order valence-electron chi connectivity index (χ2n) is 4.83. The zero-order valence-corrected chi connectivity index (χ0v) is 11.7. The van der Waals surface area contributed by atoms with Gasteiger partial charge in [-0.2, -0.15) is 0 Å². The first-order valence-corrected chi connectivity index (χ1v) is 5.94. The fraction of sp³-hybridized carbons (Fsp3) is 0.818. The number of carbonyl (C=O) groups excluding carboxylic acids is 1. The van der Waals surface area contributed by atoms with Gasteiger partial charge in [0.05, 0.1) is 6.04 Å². The third-order valence-corrected chi connectivity index (χ3v) is 2.90. The molecule has 0 spiro atoms. The van der Waals surface area contributed by atoms with Crippen molar-refractivity contribution >= 4 is 24.4 Å². The summed E-state index contributed by atoms with van der Waals surface area (Å²) in [5, 5.41) is 8.79. The average Bonchev–Trinajstić information content (AvgIpc) is 2.27. The molecule has 3 N–H and O–H groups in total. The summed E-state index contributed by atoms with van der Waals surface area (Å²) in [6.07, 6.45) is -0.263. The Labute approximate surface area is 114 Å². The van der Waals surface area contributed by atoms with E-state index in [1.165, 1.54) is 4.90 Å². The van der Waals surface area contributed by atoms with Gasteiger partial charge in [-0.1, -0.05) is 13.8 Å². The van der Waals surface area contributed by atoms with Crippen LogP contribution in [0.2, 0.25) is 0 Å². The molecule has 2 amide bonds. The molecule has 0 saturated carbocycles. The van der Waals surface area contributed by atoms with Crippen molar-refractivity contribution < 1.29 is 14.7 Å². The Morgan fingerprint density at radius 3 is 2.00 bits per heavy atom. The lowest BCUT2D eigenvalue weighted by molar-refractivity contribution is -0.134. The molecule has 1 rings (SSSR count). The number of piperazine rings is 1. The number of nitrogens with two attached hydrogens (primary N) is 1. The number of amides is 2. The van der Waals surface area contributed by atoms with Gasteiger partial charge in [-0.25, -0.2) is 4.79 Å². The minimum atomic E-state index is -0.927. The standard InChI is InChI=1S/C11H21N3O3.ClH/c1-8(2)7-9(12)10(15)13-3-5-14(6-4-13)11(16)17;/h8-9H,3-7,12H2,1-2H3,(H,16,17);1H/t9-;/m0./s1. The smallest absolute Gasteiger partial charge is 0.407 e. The average molecular weight is 280 g/mol. The SMILES string of the molecule is CC(C)C[C@H](N)C(=O)N1CCN(C(=O)O)CC1.Cl. The van der Waals surface area contributed by atoms with Crippen LogP contribution in [0.4, 0.5) is 4.79 Å². The number of hydrogen-bond donors (Lipinski definition) is 2. The van der Waals surface area contributed by atoms with Crippen LogP contribution in [-0.2, 0) is 4.79 Å². The third kappa shape index (κ3) is 4.70. The number of carboxylic acid groups (broad SMARTS) is 1. The van der Waals surface area contributed by atoms with E-state index in [0.717, 1.165) is 0 Å². The second-order valence-corrected chi connectivity index (χ2v) is 4.83. The topological polar surface area (TPSA) is 86.9 Å². The van der Waals surface area contributed by atoms with Crippen molar-refractivity contribution in [2.24, 2.45) is 11.7 Å². The van der Waals surface area contributed by atoms with Crippen LogP contribution in [0.25, 0.3) is 0 Å². The van der Waals surface area contributed by atoms with Crippen LogP contribution in [0, 0.1) is 5.92 Å². The lowest BCUT2D eigenvalue weighted by Crippen LogP contribution is -2.54. The summed E-state index contributed by atoms with van der Waals surface area (Å²) >= 11 is 0. The van der Waals surface area contributed by atoms with Gasteiger partial charge >= 0.3 is 6.09 Å². The first kappa shape index (κ1) is 17.0. The molecule has 1 aliphatic heterocycles. The van der Waals surface area contributed by atoms with Crippen molar-refractivity contribution in [1.29, 1.82) is 0 Å². The highest BCUT2D eigenvalue weighted by Crippen LogP contribution is 2.08. The van der Waals surface area contributed by atoms with E-state index >= 15 is 0 Å². The Bertz CT molecular complexity index is 291. The predicted molar refractivity (Wildman–Crippen MR) is 70.9 cm³/mol. The summed E-state index contributed by atoms with van der Waals surface area (Å²) in [7, 11) is 0. The largest absolute Gasteiger partial charge is 0.465 e. The Hall–Kier alpha value is -1.01. The molecule has 0 radical (unpaired) electrons. The Balaban J connectivity index is 0.00000289. The van der Waals surface area contributed by atoms with Crippen LogP contribution in [-0.4, -0.2) is 59.1 Å². The van der Waals surface area contributed by atoms with Crippen LogP contribution < -0.4 is 5.73 Å². The molecule has 6 nitrogen and oxygen atoms in total. The van der Waals surface area contributed by atoms with Crippen molar-refractivity contribution in [3.63, 3.8) is 0 Å². The number of carbonyl (C=O) groups is 2. The zero-order chi connectivity index (χ0) is 13.0. The second kappa shape index (κ2) is 7.43. The van der Waals surface area contributed by atoms with E-state index in [2.05, 4.69) is 0 Å². The molecule has 0 aromatic carbocycles. The van der Waals surface area contributed by atoms with Crippen molar-refractivity contribution in [3.8, 4) is 0 Å². The zero-order valence-electron chi connectivity index (χ0n) is 10.8. The molecule has 0 unspecified atom stereocenters. The maximum atomic E-state index is 11.9. The van der Waals surface area contributed by atoms with E-state index in [9.17, 15) is 9.59 Å². The van der Waals surface area contributed by atoms with E-state index in [1.54, 1.807) is 4.90 Å². The van der Waals surface area contributed by atoms with Crippen LogP contribution in [0.15, 0.2) is 0 Å². The normalized spacial score (nSPS) is 17.3. The molecular formula is C11H22ClN3O3. The molecule has 7 heteroatoms. The monoisotopic (exact) mass is 279 g/mol. The Morgan fingerprint density at radius 1 is 1.17 bits per heavy atom. The van der Waals surface area contributed by atoms with Gasteiger partial charge in [-0.15, -0.1) is 12.4 Å². The molecule has 1 saturated heterocycles. The summed E-state index contributed by atoms with van der Waals surface area (Å²) in [5.41, 5.74) is 5.82. The lowest BCUT2D eigenvalue weighted by Gasteiger charge is -2.34. The quantitative estimate of drug-likeness (QED) is 0.792. The van der Waals surface area contributed by atoms with Gasteiger partial charge in [0.25, 0.3) is 0 Å². The molecule has 0 aromatic rings. The first-order chi connectivity index (χ1) is 7.91. The molecule has 1 heterocycles. The number of rotatable bonds is 3. The highest BCUT2D eigenvalue weighted by molar-refractivity contribution is 5.85. The van der Waals surface area contributed by atoms with E-state index in [-0.39, 0.29) is 18.3 Å². The van der Waals surface area contributed by atoms with E-state index in [4.69, 9.17) is 10.8 Å². The fourth-order valence-electron chi connectivity index (χ4n) is 1.96. The molecule has 1 fully saturated rings. The molecule has 0 aliphatic carbocycles.